The summed E-state index contributed by atoms with van der Waals surface area (Å²) in [5.41, 5.74) is 0.173. The van der Waals surface area contributed by atoms with E-state index in [4.69, 9.17) is 4.74 Å². The van der Waals surface area contributed by atoms with Crippen LogP contribution in [0.1, 0.15) is 5.69 Å². The number of aromatic nitrogens is 2. The Labute approximate surface area is 169 Å². The van der Waals surface area contributed by atoms with Gasteiger partial charge in [0, 0.05) is 11.3 Å². The zero-order valence-electron chi connectivity index (χ0n) is 15.2. The minimum atomic E-state index is -4.62. The van der Waals surface area contributed by atoms with Crippen LogP contribution in [0.25, 0.3) is 11.3 Å². The van der Waals surface area contributed by atoms with Crippen molar-refractivity contribution >= 4 is 23.4 Å². The molecule has 2 aromatic carbocycles. The first-order chi connectivity index (χ1) is 13.8. The number of amides is 1. The summed E-state index contributed by atoms with van der Waals surface area (Å²) in [4.78, 5) is 19.9. The molecule has 1 aromatic heterocycles. The molecule has 5 nitrogen and oxygen atoms in total. The number of hydrogen-bond donors (Lipinski definition) is 1. The van der Waals surface area contributed by atoms with Gasteiger partial charge in [0.05, 0.1) is 18.6 Å². The molecule has 0 radical (unpaired) electrons. The SMILES string of the molecule is COc1ccc(NC(=O)CSc2nc(-c3ccccc3)cc(C(F)(F)F)n2)cc1. The number of carbonyl (C=O) groups excluding carboxylic acids is 1. The predicted octanol–water partition coefficient (Wildman–Crippen LogP) is 4.90. The average Bonchev–Trinajstić information content (AvgIpc) is 2.72. The van der Waals surface area contributed by atoms with Crippen molar-refractivity contribution in [3.8, 4) is 17.0 Å². The molecule has 3 rings (SSSR count). The lowest BCUT2D eigenvalue weighted by atomic mass is 10.1. The van der Waals surface area contributed by atoms with Crippen LogP contribution in [-0.4, -0.2) is 28.7 Å². The van der Waals surface area contributed by atoms with Crippen LogP contribution in [0.5, 0.6) is 5.75 Å². The summed E-state index contributed by atoms with van der Waals surface area (Å²) in [7, 11) is 1.53. The first-order valence-corrected chi connectivity index (χ1v) is 9.42. The maximum absolute atomic E-state index is 13.2. The number of carbonyl (C=O) groups is 1. The molecule has 150 valence electrons. The summed E-state index contributed by atoms with van der Waals surface area (Å²) >= 11 is 0.836. The van der Waals surface area contributed by atoms with E-state index >= 15 is 0 Å². The van der Waals surface area contributed by atoms with E-state index in [9.17, 15) is 18.0 Å². The molecule has 1 N–H and O–H groups in total. The van der Waals surface area contributed by atoms with Crippen molar-refractivity contribution in [2.75, 3.05) is 18.2 Å². The standard InChI is InChI=1S/C20H16F3N3O2S/c1-28-15-9-7-14(8-10-15)24-18(27)12-29-19-25-16(13-5-3-2-4-6-13)11-17(26-19)20(21,22)23/h2-11H,12H2,1H3,(H,24,27). The highest BCUT2D eigenvalue weighted by molar-refractivity contribution is 7.99. The van der Waals surface area contributed by atoms with Gasteiger partial charge < -0.3 is 10.1 Å². The molecule has 0 atom stereocenters. The Morgan fingerprint density at radius 2 is 1.76 bits per heavy atom. The Kier molecular flexibility index (Phi) is 6.38. The normalized spacial score (nSPS) is 11.2. The molecule has 1 amide bonds. The van der Waals surface area contributed by atoms with Crippen LogP contribution in [0.3, 0.4) is 0 Å². The molecular weight excluding hydrogens is 403 g/mol. The molecule has 0 saturated heterocycles. The van der Waals surface area contributed by atoms with E-state index in [0.29, 0.717) is 17.0 Å². The highest BCUT2D eigenvalue weighted by atomic mass is 32.2. The lowest BCUT2D eigenvalue weighted by molar-refractivity contribution is -0.141. The van der Waals surface area contributed by atoms with E-state index in [1.165, 1.54) is 7.11 Å². The summed E-state index contributed by atoms with van der Waals surface area (Å²) in [6.07, 6.45) is -4.62. The monoisotopic (exact) mass is 419 g/mol. The third-order valence-electron chi connectivity index (χ3n) is 3.77. The van der Waals surface area contributed by atoms with Crippen LogP contribution in [0.15, 0.2) is 65.8 Å². The molecule has 0 unspecified atom stereocenters. The topological polar surface area (TPSA) is 64.1 Å². The van der Waals surface area contributed by atoms with Crippen molar-refractivity contribution < 1.29 is 22.7 Å². The Morgan fingerprint density at radius 1 is 1.07 bits per heavy atom. The molecule has 1 heterocycles. The van der Waals surface area contributed by atoms with E-state index in [0.717, 1.165) is 17.8 Å². The minimum absolute atomic E-state index is 0.122. The van der Waals surface area contributed by atoms with Gasteiger partial charge in [-0.25, -0.2) is 9.97 Å². The summed E-state index contributed by atoms with van der Waals surface area (Å²) in [5.74, 6) is 0.118. The first kappa shape index (κ1) is 20.7. The summed E-state index contributed by atoms with van der Waals surface area (Å²) < 4.78 is 44.7. The minimum Gasteiger partial charge on any atom is -0.497 e. The van der Waals surface area contributed by atoms with Gasteiger partial charge in [0.15, 0.2) is 5.16 Å². The third-order valence-corrected chi connectivity index (χ3v) is 4.62. The molecule has 0 aliphatic carbocycles. The number of halogens is 3. The number of ether oxygens (including phenoxy) is 1. The molecular formula is C20H16F3N3O2S. The van der Waals surface area contributed by atoms with Crippen LogP contribution >= 0.6 is 11.8 Å². The summed E-state index contributed by atoms with van der Waals surface area (Å²) in [6, 6.07) is 16.1. The molecule has 9 heteroatoms. The molecule has 0 saturated carbocycles. The maximum atomic E-state index is 13.2. The van der Waals surface area contributed by atoms with Gasteiger partial charge in [-0.15, -0.1) is 0 Å². The smallest absolute Gasteiger partial charge is 0.433 e. The maximum Gasteiger partial charge on any atom is 0.433 e. The van der Waals surface area contributed by atoms with Gasteiger partial charge in [-0.3, -0.25) is 4.79 Å². The molecule has 0 bridgehead atoms. The van der Waals surface area contributed by atoms with Gasteiger partial charge in [-0.2, -0.15) is 13.2 Å². The van der Waals surface area contributed by atoms with E-state index < -0.39 is 11.9 Å². The Balaban J connectivity index is 1.74. The van der Waals surface area contributed by atoms with Crippen molar-refractivity contribution in [1.82, 2.24) is 9.97 Å². The van der Waals surface area contributed by atoms with Gasteiger partial charge in [-0.05, 0) is 30.3 Å². The number of hydrogen-bond acceptors (Lipinski definition) is 5. The number of benzene rings is 2. The number of nitrogens with one attached hydrogen (secondary N) is 1. The Hall–Kier alpha value is -3.07. The van der Waals surface area contributed by atoms with Gasteiger partial charge >= 0.3 is 6.18 Å². The fraction of sp³-hybridized carbons (Fsp3) is 0.150. The van der Waals surface area contributed by atoms with E-state index in [1.54, 1.807) is 54.6 Å². The predicted molar refractivity (Wildman–Crippen MR) is 105 cm³/mol. The van der Waals surface area contributed by atoms with Gasteiger partial charge in [0.25, 0.3) is 0 Å². The van der Waals surface area contributed by atoms with Crippen molar-refractivity contribution in [2.45, 2.75) is 11.3 Å². The fourth-order valence-electron chi connectivity index (χ4n) is 2.39. The lowest BCUT2D eigenvalue weighted by Crippen LogP contribution is -2.15. The van der Waals surface area contributed by atoms with E-state index in [1.807, 2.05) is 0 Å². The van der Waals surface area contributed by atoms with Crippen LogP contribution in [-0.2, 0) is 11.0 Å². The second kappa shape index (κ2) is 8.95. The van der Waals surface area contributed by atoms with Crippen molar-refractivity contribution in [3.63, 3.8) is 0 Å². The number of nitrogens with zero attached hydrogens (tertiary/aromatic N) is 2. The van der Waals surface area contributed by atoms with Gasteiger partial charge in [0.2, 0.25) is 5.91 Å². The molecule has 0 spiro atoms. The van der Waals surface area contributed by atoms with Crippen LogP contribution in [0.2, 0.25) is 0 Å². The third kappa shape index (κ3) is 5.71. The largest absolute Gasteiger partial charge is 0.497 e. The zero-order chi connectivity index (χ0) is 20.9. The average molecular weight is 419 g/mol. The number of thioether (sulfide) groups is 1. The molecule has 0 aliphatic rings. The summed E-state index contributed by atoms with van der Waals surface area (Å²) in [6.45, 7) is 0. The highest BCUT2D eigenvalue weighted by Gasteiger charge is 2.34. The summed E-state index contributed by atoms with van der Waals surface area (Å²) in [5, 5.41) is 2.54. The second-order valence-electron chi connectivity index (χ2n) is 5.85. The van der Waals surface area contributed by atoms with Crippen molar-refractivity contribution in [3.05, 3.63) is 66.4 Å². The van der Waals surface area contributed by atoms with Crippen molar-refractivity contribution in [2.24, 2.45) is 0 Å². The van der Waals surface area contributed by atoms with Crippen molar-refractivity contribution in [1.29, 1.82) is 0 Å². The van der Waals surface area contributed by atoms with E-state index in [2.05, 4.69) is 15.3 Å². The quantitative estimate of drug-likeness (QED) is 0.455. The number of alkyl halides is 3. The molecule has 3 aromatic rings. The van der Waals surface area contributed by atoms with E-state index in [-0.39, 0.29) is 22.5 Å². The highest BCUT2D eigenvalue weighted by Crippen LogP contribution is 2.32. The number of anilines is 1. The Morgan fingerprint density at radius 3 is 2.38 bits per heavy atom. The van der Waals surface area contributed by atoms with Gasteiger partial charge in [0.1, 0.15) is 11.4 Å². The fourth-order valence-corrected chi connectivity index (χ4v) is 3.05. The Bertz CT molecular complexity index is 981. The van der Waals surface area contributed by atoms with Crippen LogP contribution in [0.4, 0.5) is 18.9 Å². The number of methoxy groups -OCH3 is 1. The molecule has 29 heavy (non-hydrogen) atoms. The van der Waals surface area contributed by atoms with Crippen LogP contribution in [0, 0.1) is 0 Å². The van der Waals surface area contributed by atoms with Gasteiger partial charge in [-0.1, -0.05) is 42.1 Å². The lowest BCUT2D eigenvalue weighted by Gasteiger charge is -2.11. The first-order valence-electron chi connectivity index (χ1n) is 8.43. The van der Waals surface area contributed by atoms with Crippen LogP contribution < -0.4 is 10.1 Å². The number of rotatable bonds is 6. The molecule has 0 fully saturated rings. The second-order valence-corrected chi connectivity index (χ2v) is 6.79. The molecule has 0 aliphatic heterocycles. The zero-order valence-corrected chi connectivity index (χ0v) is 16.1.